The molecule has 2 N–H and O–H groups in total. The number of rotatable bonds is 3. The summed E-state index contributed by atoms with van der Waals surface area (Å²) in [6.45, 7) is -0.528. The number of aromatic amines is 1. The van der Waals surface area contributed by atoms with E-state index in [0.717, 1.165) is 14.1 Å². The van der Waals surface area contributed by atoms with Gasteiger partial charge in [0.25, 0.3) is 11.5 Å². The number of hydrogen-bond acceptors (Lipinski definition) is 5. The molecule has 1 aliphatic heterocycles. The van der Waals surface area contributed by atoms with Gasteiger partial charge in [0.15, 0.2) is 5.65 Å². The van der Waals surface area contributed by atoms with E-state index >= 15 is 8.78 Å². The summed E-state index contributed by atoms with van der Waals surface area (Å²) in [7, 11) is 2.21. The molecule has 0 unspecified atom stereocenters. The number of halogens is 5. The maximum absolute atomic E-state index is 15.1. The Kier molecular flexibility index (Phi) is 5.69. The molecule has 4 rings (SSSR count). The van der Waals surface area contributed by atoms with Crippen molar-refractivity contribution in [1.82, 2.24) is 24.6 Å². The lowest BCUT2D eigenvalue weighted by molar-refractivity contribution is -0.138. The Labute approximate surface area is 189 Å². The van der Waals surface area contributed by atoms with E-state index in [1.165, 1.54) is 17.3 Å². The number of carbonyl (C=O) groups excluding carboxylic acids is 1. The Morgan fingerprint density at radius 1 is 1.29 bits per heavy atom. The number of aryl methyl sites for hydroxylation is 1. The minimum absolute atomic E-state index is 0.124. The lowest BCUT2D eigenvalue weighted by Gasteiger charge is -2.42. The molecular formula is C20H20F5N7O2. The van der Waals surface area contributed by atoms with Crippen LogP contribution in [-0.4, -0.2) is 62.8 Å². The van der Waals surface area contributed by atoms with Gasteiger partial charge in [-0.2, -0.15) is 18.3 Å². The standard InChI is InChI=1S/C20H20F5N7O2/c1-30-9-12(20(23,24)25)6-14(17(30)33)28-18(34)31(2)15-3-4-32(10-19(15,21)22)13-5-11-7-27-29-16(11)26-8-13/h5-9,15H,3-4,10H2,1-2H3,(H,28,34)(H,26,27,29)/t15-/m1/s1. The molecule has 182 valence electrons. The molecule has 0 aromatic carbocycles. The van der Waals surface area contributed by atoms with Crippen LogP contribution < -0.4 is 15.8 Å². The Bertz CT molecular complexity index is 1290. The number of amides is 2. The normalized spacial score (nSPS) is 18.2. The van der Waals surface area contributed by atoms with Crippen molar-refractivity contribution in [2.24, 2.45) is 7.05 Å². The number of pyridine rings is 2. The fourth-order valence-corrected chi connectivity index (χ4v) is 3.92. The molecule has 3 aromatic rings. The fourth-order valence-electron chi connectivity index (χ4n) is 3.92. The molecule has 1 aliphatic rings. The zero-order valence-electron chi connectivity index (χ0n) is 18.0. The first-order chi connectivity index (χ1) is 15.9. The highest BCUT2D eigenvalue weighted by molar-refractivity contribution is 5.89. The first kappa shape index (κ1) is 23.4. The summed E-state index contributed by atoms with van der Waals surface area (Å²) in [6.07, 6.45) is -1.34. The van der Waals surface area contributed by atoms with Gasteiger partial charge in [0.05, 0.1) is 30.2 Å². The topological polar surface area (TPSA) is 99.1 Å². The van der Waals surface area contributed by atoms with Crippen molar-refractivity contribution in [3.63, 3.8) is 0 Å². The number of nitrogens with zero attached hydrogens (tertiary/aromatic N) is 5. The number of anilines is 2. The predicted molar refractivity (Wildman–Crippen MR) is 113 cm³/mol. The molecule has 14 heteroatoms. The summed E-state index contributed by atoms with van der Waals surface area (Å²) in [6, 6.07) is -0.504. The highest BCUT2D eigenvalue weighted by atomic mass is 19.4. The van der Waals surface area contributed by atoms with Crippen LogP contribution in [-0.2, 0) is 13.2 Å². The van der Waals surface area contributed by atoms with Crippen LogP contribution in [0.5, 0.6) is 0 Å². The largest absolute Gasteiger partial charge is 0.417 e. The first-order valence-corrected chi connectivity index (χ1v) is 10.1. The van der Waals surface area contributed by atoms with E-state index in [0.29, 0.717) is 38.5 Å². The van der Waals surface area contributed by atoms with Crippen LogP contribution in [0.2, 0.25) is 0 Å². The van der Waals surface area contributed by atoms with Crippen LogP contribution in [0.4, 0.5) is 38.1 Å². The molecule has 1 fully saturated rings. The van der Waals surface area contributed by atoms with Crippen LogP contribution in [0.3, 0.4) is 0 Å². The average Bonchev–Trinajstić information content (AvgIpc) is 3.22. The maximum Gasteiger partial charge on any atom is 0.417 e. The monoisotopic (exact) mass is 485 g/mol. The zero-order valence-corrected chi connectivity index (χ0v) is 18.0. The number of urea groups is 1. The third-order valence-corrected chi connectivity index (χ3v) is 5.74. The molecule has 3 aromatic heterocycles. The van der Waals surface area contributed by atoms with Gasteiger partial charge in [-0.05, 0) is 18.6 Å². The minimum Gasteiger partial charge on any atom is -0.364 e. The van der Waals surface area contributed by atoms with Gasteiger partial charge >= 0.3 is 12.2 Å². The van der Waals surface area contributed by atoms with Crippen molar-refractivity contribution in [2.75, 3.05) is 30.4 Å². The maximum atomic E-state index is 15.1. The number of H-pyrrole nitrogens is 1. The van der Waals surface area contributed by atoms with Crippen LogP contribution in [0.1, 0.15) is 12.0 Å². The molecule has 9 nitrogen and oxygen atoms in total. The minimum atomic E-state index is -4.76. The molecule has 34 heavy (non-hydrogen) atoms. The molecule has 1 saturated heterocycles. The summed E-state index contributed by atoms with van der Waals surface area (Å²) >= 11 is 0. The SMILES string of the molecule is CN(C(=O)Nc1cc(C(F)(F)F)cn(C)c1=O)[C@@H]1CCN(c2cnc3[nH]ncc3c2)CC1(F)F. The molecule has 4 heterocycles. The molecule has 1 atom stereocenters. The van der Waals surface area contributed by atoms with E-state index in [4.69, 9.17) is 0 Å². The van der Waals surface area contributed by atoms with Crippen molar-refractivity contribution in [3.8, 4) is 0 Å². The zero-order chi connectivity index (χ0) is 24.8. The Morgan fingerprint density at radius 3 is 2.71 bits per heavy atom. The van der Waals surface area contributed by atoms with Crippen LogP contribution in [0, 0.1) is 0 Å². The van der Waals surface area contributed by atoms with E-state index in [1.807, 2.05) is 5.32 Å². The van der Waals surface area contributed by atoms with Gasteiger partial charge in [0, 0.05) is 32.2 Å². The summed E-state index contributed by atoms with van der Waals surface area (Å²) in [5.41, 5.74) is -1.74. The number of piperidine rings is 1. The molecule has 2 amide bonds. The number of carbonyl (C=O) groups is 1. The van der Waals surface area contributed by atoms with Gasteiger partial charge in [0.1, 0.15) is 11.7 Å². The van der Waals surface area contributed by atoms with E-state index in [9.17, 15) is 22.8 Å². The summed E-state index contributed by atoms with van der Waals surface area (Å²) < 4.78 is 70.0. The lowest BCUT2D eigenvalue weighted by Crippen LogP contribution is -2.59. The quantitative estimate of drug-likeness (QED) is 0.556. The smallest absolute Gasteiger partial charge is 0.364 e. The van der Waals surface area contributed by atoms with Crippen LogP contribution >= 0.6 is 0 Å². The van der Waals surface area contributed by atoms with E-state index in [1.54, 1.807) is 6.07 Å². The van der Waals surface area contributed by atoms with Crippen LogP contribution in [0.25, 0.3) is 11.0 Å². The predicted octanol–water partition coefficient (Wildman–Crippen LogP) is 3.05. The lowest BCUT2D eigenvalue weighted by atomic mass is 9.99. The van der Waals surface area contributed by atoms with Crippen molar-refractivity contribution >= 4 is 28.4 Å². The van der Waals surface area contributed by atoms with Crippen molar-refractivity contribution in [3.05, 3.63) is 46.6 Å². The highest BCUT2D eigenvalue weighted by Gasteiger charge is 2.48. The van der Waals surface area contributed by atoms with Crippen molar-refractivity contribution in [1.29, 1.82) is 0 Å². The molecular weight excluding hydrogens is 465 g/mol. The van der Waals surface area contributed by atoms with Gasteiger partial charge < -0.3 is 19.7 Å². The molecule has 0 aliphatic carbocycles. The van der Waals surface area contributed by atoms with Gasteiger partial charge in [-0.1, -0.05) is 0 Å². The molecule has 0 bridgehead atoms. The van der Waals surface area contributed by atoms with Crippen molar-refractivity contribution in [2.45, 2.75) is 24.6 Å². The summed E-state index contributed by atoms with van der Waals surface area (Å²) in [5, 5.41) is 9.22. The van der Waals surface area contributed by atoms with E-state index in [2.05, 4.69) is 15.2 Å². The van der Waals surface area contributed by atoms with Gasteiger partial charge in [0.2, 0.25) is 0 Å². The molecule has 0 radical (unpaired) electrons. The van der Waals surface area contributed by atoms with E-state index in [-0.39, 0.29) is 13.0 Å². The van der Waals surface area contributed by atoms with Gasteiger partial charge in [-0.25, -0.2) is 18.6 Å². The molecule has 0 spiro atoms. The molecule has 0 saturated carbocycles. The van der Waals surface area contributed by atoms with E-state index < -0.39 is 47.5 Å². The third-order valence-electron chi connectivity index (χ3n) is 5.74. The fraction of sp³-hybridized carbons (Fsp3) is 0.400. The second-order valence-corrected chi connectivity index (χ2v) is 8.09. The van der Waals surface area contributed by atoms with Crippen molar-refractivity contribution < 1.29 is 26.7 Å². The number of nitrogens with one attached hydrogen (secondary N) is 2. The second-order valence-electron chi connectivity index (χ2n) is 8.09. The second kappa shape index (κ2) is 8.25. The number of fused-ring (bicyclic) bond motifs is 1. The summed E-state index contributed by atoms with van der Waals surface area (Å²) in [4.78, 5) is 31.1. The average molecular weight is 485 g/mol. The third kappa shape index (κ3) is 4.39. The number of alkyl halides is 5. The highest BCUT2D eigenvalue weighted by Crippen LogP contribution is 2.34. The number of hydrogen-bond donors (Lipinski definition) is 2. The van der Waals surface area contributed by atoms with Crippen LogP contribution in [0.15, 0.2) is 35.5 Å². The van der Waals surface area contributed by atoms with Gasteiger partial charge in [-0.15, -0.1) is 0 Å². The Hall–Kier alpha value is -3.71. The summed E-state index contributed by atoms with van der Waals surface area (Å²) in [5.74, 6) is -3.35. The number of aromatic nitrogens is 4. The van der Waals surface area contributed by atoms with Gasteiger partial charge in [-0.3, -0.25) is 9.89 Å². The first-order valence-electron chi connectivity index (χ1n) is 10.1. The Balaban J connectivity index is 1.50. The Morgan fingerprint density at radius 2 is 2.03 bits per heavy atom.